The van der Waals surface area contributed by atoms with E-state index in [1.807, 2.05) is 0 Å². The molecule has 0 fully saturated rings. The van der Waals surface area contributed by atoms with Crippen LogP contribution < -0.4 is 10.5 Å². The molecule has 1 aliphatic rings. The quantitative estimate of drug-likeness (QED) is 0.185. The zero-order valence-electron chi connectivity index (χ0n) is 26.1. The van der Waals surface area contributed by atoms with Gasteiger partial charge in [-0.2, -0.15) is 0 Å². The number of nitrogens with zero attached hydrogens (tertiary/aromatic N) is 4. The number of aromatic nitrogens is 4. The van der Waals surface area contributed by atoms with Gasteiger partial charge in [0.25, 0.3) is 0 Å². The summed E-state index contributed by atoms with van der Waals surface area (Å²) in [7, 11) is -2.14. The van der Waals surface area contributed by atoms with Crippen LogP contribution in [0.2, 0.25) is 13.1 Å². The molecule has 5 heteroatoms. The Labute approximate surface area is 273 Å². The van der Waals surface area contributed by atoms with Gasteiger partial charge in [0, 0.05) is 43.7 Å². The molecule has 4 heterocycles. The molecule has 0 bridgehead atoms. The van der Waals surface area contributed by atoms with Crippen LogP contribution in [0.5, 0.6) is 0 Å². The Morgan fingerprint density at radius 1 is 0.489 bits per heavy atom. The van der Waals surface area contributed by atoms with Crippen LogP contribution in [0.4, 0.5) is 0 Å². The second-order valence-corrected chi connectivity index (χ2v) is 17.3. The van der Waals surface area contributed by atoms with Crippen LogP contribution in [0, 0.1) is 0 Å². The summed E-state index contributed by atoms with van der Waals surface area (Å²) in [6, 6.07) is 52.4. The molecule has 0 radical (unpaired) electrons. The molecular formula is C42H30N4Si. The lowest BCUT2D eigenvalue weighted by molar-refractivity contribution is 1.01. The highest BCUT2D eigenvalue weighted by Gasteiger charge is 2.41. The van der Waals surface area contributed by atoms with E-state index in [0.29, 0.717) is 0 Å². The standard InChI is InChI=1S/C42H30N4Si/c1-47(2)38-23-13-9-19-33(38)39-40(43-42(44-41(39)47)46-35-21-11-7-16-29(35)30-17-8-12-22-36(30)46)27-24-25-32-31-18-6-10-20-34(31)45(37(32)26-27)28-14-4-3-5-15-28/h3-26H,1-2H3. The van der Waals surface area contributed by atoms with E-state index in [-0.39, 0.29) is 0 Å². The third kappa shape index (κ3) is 3.63. The highest BCUT2D eigenvalue weighted by molar-refractivity contribution is 7.03. The average molecular weight is 619 g/mol. The van der Waals surface area contributed by atoms with Crippen molar-refractivity contribution in [2.45, 2.75) is 13.1 Å². The van der Waals surface area contributed by atoms with Gasteiger partial charge < -0.3 is 4.57 Å². The zero-order chi connectivity index (χ0) is 31.3. The molecule has 0 unspecified atom stereocenters. The highest BCUT2D eigenvalue weighted by atomic mass is 28.3. The van der Waals surface area contributed by atoms with Crippen LogP contribution in [0.25, 0.3) is 77.6 Å². The maximum Gasteiger partial charge on any atom is 0.235 e. The van der Waals surface area contributed by atoms with Crippen molar-refractivity contribution in [3.05, 3.63) is 146 Å². The number of fused-ring (bicyclic) bond motifs is 9. The normalized spacial score (nSPS) is 13.5. The maximum atomic E-state index is 5.55. The van der Waals surface area contributed by atoms with Crippen molar-refractivity contribution in [3.8, 4) is 34.0 Å². The van der Waals surface area contributed by atoms with Crippen LogP contribution in [0.3, 0.4) is 0 Å². The van der Waals surface area contributed by atoms with Crippen molar-refractivity contribution in [2.24, 2.45) is 0 Å². The second-order valence-electron chi connectivity index (χ2n) is 13.1. The van der Waals surface area contributed by atoms with E-state index in [9.17, 15) is 0 Å². The first-order chi connectivity index (χ1) is 23.1. The third-order valence-electron chi connectivity index (χ3n) is 10.1. The molecular weight excluding hydrogens is 589 g/mol. The molecule has 0 spiro atoms. The lowest BCUT2D eigenvalue weighted by Gasteiger charge is -2.19. The maximum absolute atomic E-state index is 5.55. The van der Waals surface area contributed by atoms with Gasteiger partial charge in [0.15, 0.2) is 0 Å². The van der Waals surface area contributed by atoms with Crippen LogP contribution in [-0.4, -0.2) is 27.2 Å². The third-order valence-corrected chi connectivity index (χ3v) is 13.4. The van der Waals surface area contributed by atoms with Crippen LogP contribution >= 0.6 is 0 Å². The van der Waals surface area contributed by atoms with Gasteiger partial charge in [-0.05, 0) is 47.1 Å². The molecule has 222 valence electrons. The van der Waals surface area contributed by atoms with Gasteiger partial charge in [-0.3, -0.25) is 4.57 Å². The second kappa shape index (κ2) is 9.61. The summed E-state index contributed by atoms with van der Waals surface area (Å²) in [5.41, 5.74) is 10.3. The van der Waals surface area contributed by atoms with Crippen molar-refractivity contribution in [1.29, 1.82) is 0 Å². The molecule has 0 saturated carbocycles. The molecule has 9 aromatic rings. The van der Waals surface area contributed by atoms with E-state index in [4.69, 9.17) is 9.97 Å². The molecule has 1 aliphatic heterocycles. The minimum atomic E-state index is -2.14. The van der Waals surface area contributed by atoms with Gasteiger partial charge in [0.2, 0.25) is 5.95 Å². The van der Waals surface area contributed by atoms with E-state index in [2.05, 4.69) is 168 Å². The summed E-state index contributed by atoms with van der Waals surface area (Å²) in [6.45, 7) is 4.86. The molecule has 0 saturated heterocycles. The largest absolute Gasteiger partial charge is 0.309 e. The highest BCUT2D eigenvalue weighted by Crippen LogP contribution is 2.40. The summed E-state index contributed by atoms with van der Waals surface area (Å²) in [6.07, 6.45) is 0. The van der Waals surface area contributed by atoms with Crippen LogP contribution in [0.15, 0.2) is 146 Å². The van der Waals surface area contributed by atoms with E-state index in [1.165, 1.54) is 54.2 Å². The minimum Gasteiger partial charge on any atom is -0.309 e. The van der Waals surface area contributed by atoms with Crippen molar-refractivity contribution >= 4 is 62.2 Å². The van der Waals surface area contributed by atoms with E-state index >= 15 is 0 Å². The van der Waals surface area contributed by atoms with E-state index in [1.54, 1.807) is 0 Å². The van der Waals surface area contributed by atoms with Gasteiger partial charge in [0.1, 0.15) is 8.07 Å². The summed E-state index contributed by atoms with van der Waals surface area (Å²) in [5, 5.41) is 7.52. The Morgan fingerprint density at radius 2 is 1.04 bits per heavy atom. The summed E-state index contributed by atoms with van der Waals surface area (Å²) in [5.74, 6) is 0.730. The van der Waals surface area contributed by atoms with Crippen molar-refractivity contribution in [3.63, 3.8) is 0 Å². The number of rotatable bonds is 3. The average Bonchev–Trinajstić information content (AvgIpc) is 3.71. The SMILES string of the molecule is C[Si]1(C)c2ccccc2-c2c(-c3ccc4c5ccccc5n(-c5ccccc5)c4c3)nc(-n3c4ccccc4c4ccccc43)nc21. The molecule has 0 aliphatic carbocycles. The van der Waals surface area contributed by atoms with E-state index in [0.717, 1.165) is 33.9 Å². The monoisotopic (exact) mass is 618 g/mol. The van der Waals surface area contributed by atoms with E-state index < -0.39 is 8.07 Å². The van der Waals surface area contributed by atoms with Gasteiger partial charge in [-0.15, -0.1) is 0 Å². The molecule has 6 aromatic carbocycles. The van der Waals surface area contributed by atoms with Crippen molar-refractivity contribution in [2.75, 3.05) is 0 Å². The lowest BCUT2D eigenvalue weighted by atomic mass is 10.00. The predicted octanol–water partition coefficient (Wildman–Crippen LogP) is 9.14. The fraction of sp³-hybridized carbons (Fsp3) is 0.0476. The zero-order valence-corrected chi connectivity index (χ0v) is 27.1. The molecule has 10 rings (SSSR count). The van der Waals surface area contributed by atoms with Crippen molar-refractivity contribution in [1.82, 2.24) is 19.1 Å². The number of hydrogen-bond acceptors (Lipinski definition) is 2. The summed E-state index contributed by atoms with van der Waals surface area (Å²) in [4.78, 5) is 11.1. The number of hydrogen-bond donors (Lipinski definition) is 0. The van der Waals surface area contributed by atoms with Crippen LogP contribution in [-0.2, 0) is 0 Å². The first kappa shape index (κ1) is 26.4. The number of para-hydroxylation sites is 4. The van der Waals surface area contributed by atoms with Gasteiger partial charge in [-0.1, -0.05) is 122 Å². The minimum absolute atomic E-state index is 0.730. The Hall–Kier alpha value is -5.78. The van der Waals surface area contributed by atoms with Gasteiger partial charge in [-0.25, -0.2) is 9.97 Å². The molecule has 3 aromatic heterocycles. The molecule has 0 atom stereocenters. The van der Waals surface area contributed by atoms with Gasteiger partial charge >= 0.3 is 0 Å². The first-order valence-corrected chi connectivity index (χ1v) is 19.2. The van der Waals surface area contributed by atoms with Gasteiger partial charge in [0.05, 0.1) is 27.8 Å². The van der Waals surface area contributed by atoms with Crippen molar-refractivity contribution < 1.29 is 0 Å². The Kier molecular flexibility index (Phi) is 5.41. The predicted molar refractivity (Wildman–Crippen MR) is 198 cm³/mol. The fourth-order valence-electron chi connectivity index (χ4n) is 7.95. The molecule has 0 N–H and O–H groups in total. The molecule has 47 heavy (non-hydrogen) atoms. The summed E-state index contributed by atoms with van der Waals surface area (Å²) >= 11 is 0. The number of benzene rings is 6. The lowest BCUT2D eigenvalue weighted by Crippen LogP contribution is -2.51. The smallest absolute Gasteiger partial charge is 0.235 e. The molecule has 0 amide bonds. The fourth-order valence-corrected chi connectivity index (χ4v) is 10.9. The Bertz CT molecular complexity index is 2660. The Balaban J connectivity index is 1.33. The summed E-state index contributed by atoms with van der Waals surface area (Å²) < 4.78 is 4.65. The molecule has 4 nitrogen and oxygen atoms in total. The van der Waals surface area contributed by atoms with Crippen LogP contribution in [0.1, 0.15) is 0 Å². The first-order valence-electron chi connectivity index (χ1n) is 16.2. The topological polar surface area (TPSA) is 35.6 Å². The Morgan fingerprint density at radius 3 is 1.72 bits per heavy atom.